The van der Waals surface area contributed by atoms with E-state index in [1.807, 2.05) is 32.0 Å². The Hall–Kier alpha value is -2.47. The highest BCUT2D eigenvalue weighted by molar-refractivity contribution is 7.93. The maximum atomic E-state index is 13.5. The van der Waals surface area contributed by atoms with Crippen LogP contribution in [-0.4, -0.2) is 72.4 Å². The van der Waals surface area contributed by atoms with Gasteiger partial charge in [0.2, 0.25) is 10.0 Å². The van der Waals surface area contributed by atoms with Gasteiger partial charge in [-0.05, 0) is 44.5 Å². The van der Waals surface area contributed by atoms with Crippen LogP contribution in [0.1, 0.15) is 27.9 Å². The van der Waals surface area contributed by atoms with Crippen LogP contribution in [0.3, 0.4) is 0 Å². The number of quaternary nitrogens is 1. The van der Waals surface area contributed by atoms with E-state index in [0.29, 0.717) is 12.1 Å². The van der Waals surface area contributed by atoms with E-state index in [1.165, 1.54) is 27.4 Å². The first kappa shape index (κ1) is 24.6. The van der Waals surface area contributed by atoms with E-state index < -0.39 is 30.4 Å². The zero-order chi connectivity index (χ0) is 24.9. The molecule has 2 fully saturated rings. The van der Waals surface area contributed by atoms with Crippen molar-refractivity contribution in [2.24, 2.45) is 0 Å². The third-order valence-corrected chi connectivity index (χ3v) is 9.53. The number of rotatable bonds is 4. The van der Waals surface area contributed by atoms with Gasteiger partial charge in [0.15, 0.2) is 9.84 Å². The molecule has 2 saturated heterocycles. The molecule has 0 radical (unpaired) electrons. The Morgan fingerprint density at radius 2 is 1.71 bits per heavy atom. The summed E-state index contributed by atoms with van der Waals surface area (Å²) in [5, 5.41) is 13.5. The summed E-state index contributed by atoms with van der Waals surface area (Å²) in [7, 11) is -7.31. The molecule has 9 nitrogen and oxygen atoms in total. The van der Waals surface area contributed by atoms with Gasteiger partial charge in [-0.1, -0.05) is 17.7 Å². The number of piperazine rings is 1. The largest absolute Gasteiger partial charge is 0.627 e. The minimum Gasteiger partial charge on any atom is -0.627 e. The lowest BCUT2D eigenvalue weighted by molar-refractivity contribution is 0.0679. The van der Waals surface area contributed by atoms with Crippen LogP contribution in [0.4, 0.5) is 11.4 Å². The molecule has 2 aromatic carbocycles. The number of amides is 1. The van der Waals surface area contributed by atoms with Crippen molar-refractivity contribution in [1.82, 2.24) is 9.55 Å². The first-order valence-electron chi connectivity index (χ1n) is 11.1. The Labute approximate surface area is 200 Å². The molecule has 2 aromatic rings. The summed E-state index contributed by atoms with van der Waals surface area (Å²) in [6, 6.07) is 9.81. The summed E-state index contributed by atoms with van der Waals surface area (Å²) >= 11 is 0. The Morgan fingerprint density at radius 1 is 1.03 bits per heavy atom. The summed E-state index contributed by atoms with van der Waals surface area (Å²) in [6.45, 7) is 4.82. The molecule has 184 valence electrons. The molecule has 2 heterocycles. The van der Waals surface area contributed by atoms with Crippen LogP contribution in [0, 0.1) is 19.1 Å². The van der Waals surface area contributed by atoms with Crippen molar-refractivity contribution in [2.75, 3.05) is 49.0 Å². The molecule has 34 heavy (non-hydrogen) atoms. The molecule has 0 saturated carbocycles. The Morgan fingerprint density at radius 3 is 2.26 bits per heavy atom. The third kappa shape index (κ3) is 4.57. The van der Waals surface area contributed by atoms with Crippen molar-refractivity contribution in [3.05, 3.63) is 58.3 Å². The van der Waals surface area contributed by atoms with Crippen LogP contribution in [0.2, 0.25) is 0 Å². The lowest BCUT2D eigenvalue weighted by Gasteiger charge is -2.48. The van der Waals surface area contributed by atoms with Crippen LogP contribution in [0.25, 0.3) is 0 Å². The molecule has 0 N–H and O–H groups in total. The van der Waals surface area contributed by atoms with Crippen molar-refractivity contribution >= 4 is 37.1 Å². The van der Waals surface area contributed by atoms with Crippen LogP contribution in [-0.2, 0) is 19.9 Å². The number of hydroxylamine groups is 2. The van der Waals surface area contributed by atoms with E-state index in [9.17, 15) is 26.8 Å². The number of hydrogen-bond donors (Lipinski definition) is 0. The summed E-state index contributed by atoms with van der Waals surface area (Å²) < 4.78 is 50.3. The lowest BCUT2D eigenvalue weighted by atomic mass is 10.1. The van der Waals surface area contributed by atoms with Gasteiger partial charge in [-0.2, -0.15) is 0 Å². The van der Waals surface area contributed by atoms with Crippen LogP contribution in [0.15, 0.2) is 41.3 Å². The van der Waals surface area contributed by atoms with E-state index in [0.717, 1.165) is 17.4 Å². The predicted octanol–water partition coefficient (Wildman–Crippen LogP) is 2.21. The molecule has 0 unspecified atom stereocenters. The van der Waals surface area contributed by atoms with Crippen molar-refractivity contribution in [1.29, 1.82) is 0 Å². The SMILES string of the molecule is Cc1ccc([N+]2([O-])CCN(C(=O)c3ccc(N4CCCS4(=O)=O)cc3S(C)(=O)=O)CC2)c(C)c1. The summed E-state index contributed by atoms with van der Waals surface area (Å²) in [4.78, 5) is 14.6. The van der Waals surface area contributed by atoms with Crippen molar-refractivity contribution in [2.45, 2.75) is 25.2 Å². The number of carbonyl (C=O) groups is 1. The van der Waals surface area contributed by atoms with Gasteiger partial charge in [0, 0.05) is 18.4 Å². The number of anilines is 1. The Bertz CT molecular complexity index is 1350. The van der Waals surface area contributed by atoms with Crippen LogP contribution < -0.4 is 8.95 Å². The minimum absolute atomic E-state index is 0.00528. The second-order valence-corrected chi connectivity index (χ2v) is 13.1. The van der Waals surface area contributed by atoms with E-state index in [2.05, 4.69) is 0 Å². The van der Waals surface area contributed by atoms with Gasteiger partial charge in [-0.15, -0.1) is 0 Å². The molecular weight excluding hydrogens is 478 g/mol. The van der Waals surface area contributed by atoms with Crippen molar-refractivity contribution in [3.63, 3.8) is 0 Å². The molecule has 0 atom stereocenters. The van der Waals surface area contributed by atoms with E-state index in [4.69, 9.17) is 0 Å². The standard InChI is InChI=1S/C23H29N3O6S2/c1-17-5-8-21(18(2)15-17)26(28)12-10-24(11-13-26)23(27)20-7-6-19(16-22(20)33(3,29)30)25-9-4-14-34(25,31)32/h5-8,15-16H,4,9-14H2,1-3H3. The topological polar surface area (TPSA) is 115 Å². The van der Waals surface area contributed by atoms with E-state index in [1.54, 1.807) is 0 Å². The molecule has 4 rings (SSSR count). The first-order valence-corrected chi connectivity index (χ1v) is 14.6. The second-order valence-electron chi connectivity index (χ2n) is 9.11. The second kappa shape index (κ2) is 8.63. The summed E-state index contributed by atoms with van der Waals surface area (Å²) in [6.07, 6.45) is 1.46. The number of hydrogen-bond acceptors (Lipinski definition) is 6. The first-order chi connectivity index (χ1) is 15.8. The smallest absolute Gasteiger partial charge is 0.255 e. The quantitative estimate of drug-likeness (QED) is 0.463. The van der Waals surface area contributed by atoms with Gasteiger partial charge in [-0.3, -0.25) is 9.10 Å². The minimum atomic E-state index is -3.82. The summed E-state index contributed by atoms with van der Waals surface area (Å²) in [5.74, 6) is -0.478. The van der Waals surface area contributed by atoms with Gasteiger partial charge < -0.3 is 14.8 Å². The molecular formula is C23H29N3O6S2. The fraction of sp³-hybridized carbons (Fsp3) is 0.435. The van der Waals surface area contributed by atoms with Gasteiger partial charge in [0.05, 0.1) is 35.0 Å². The molecule has 0 bridgehead atoms. The number of carbonyl (C=O) groups excluding carboxylic acids is 1. The number of nitrogens with zero attached hydrogens (tertiary/aromatic N) is 3. The zero-order valence-corrected chi connectivity index (χ0v) is 21.2. The Balaban J connectivity index is 1.60. The molecule has 0 spiro atoms. The number of benzene rings is 2. The molecule has 0 aliphatic carbocycles. The monoisotopic (exact) mass is 507 g/mol. The molecule has 11 heteroatoms. The highest BCUT2D eigenvalue weighted by Gasteiger charge is 2.34. The van der Waals surface area contributed by atoms with Crippen molar-refractivity contribution in [3.8, 4) is 0 Å². The predicted molar refractivity (Wildman–Crippen MR) is 132 cm³/mol. The fourth-order valence-corrected chi connectivity index (χ4v) is 7.19. The van der Waals surface area contributed by atoms with E-state index in [-0.39, 0.29) is 54.6 Å². The van der Waals surface area contributed by atoms with E-state index >= 15 is 0 Å². The number of sulfonamides is 1. The molecule has 2 aliphatic heterocycles. The highest BCUT2D eigenvalue weighted by atomic mass is 32.2. The molecule has 1 amide bonds. The maximum Gasteiger partial charge on any atom is 0.255 e. The van der Waals surface area contributed by atoms with Gasteiger partial charge in [0.1, 0.15) is 18.8 Å². The average Bonchev–Trinajstić information content (AvgIpc) is 3.11. The molecule has 2 aliphatic rings. The fourth-order valence-electron chi connectivity index (χ4n) is 4.74. The van der Waals surface area contributed by atoms with Crippen LogP contribution in [0.5, 0.6) is 0 Å². The average molecular weight is 508 g/mol. The number of sulfone groups is 1. The van der Waals surface area contributed by atoms with Gasteiger partial charge >= 0.3 is 0 Å². The van der Waals surface area contributed by atoms with Gasteiger partial charge in [0.25, 0.3) is 5.91 Å². The maximum absolute atomic E-state index is 13.5. The Kier molecular flexibility index (Phi) is 6.26. The zero-order valence-electron chi connectivity index (χ0n) is 19.5. The van der Waals surface area contributed by atoms with Gasteiger partial charge in [-0.25, -0.2) is 16.8 Å². The van der Waals surface area contributed by atoms with Crippen molar-refractivity contribution < 1.29 is 21.6 Å². The number of aryl methyl sites for hydroxylation is 2. The third-order valence-electron chi connectivity index (χ3n) is 6.52. The molecule has 0 aromatic heterocycles. The lowest BCUT2D eigenvalue weighted by Crippen LogP contribution is -2.58. The normalized spacial score (nSPS) is 19.9. The van der Waals surface area contributed by atoms with Crippen LogP contribution >= 0.6 is 0 Å². The highest BCUT2D eigenvalue weighted by Crippen LogP contribution is 2.31. The summed E-state index contributed by atoms with van der Waals surface area (Å²) in [5.41, 5.74) is 2.87.